The fourth-order valence-corrected chi connectivity index (χ4v) is 2.34. The van der Waals surface area contributed by atoms with Crippen molar-refractivity contribution in [2.75, 3.05) is 13.1 Å². The van der Waals surface area contributed by atoms with Crippen LogP contribution in [0.1, 0.15) is 12.0 Å². The van der Waals surface area contributed by atoms with E-state index in [2.05, 4.69) is 4.72 Å². The van der Waals surface area contributed by atoms with Crippen molar-refractivity contribution in [1.82, 2.24) is 4.72 Å². The lowest BCUT2D eigenvalue weighted by Crippen LogP contribution is -2.27. The van der Waals surface area contributed by atoms with Crippen LogP contribution in [0.5, 0.6) is 0 Å². The highest BCUT2D eigenvalue weighted by atomic mass is 35.5. The zero-order chi connectivity index (χ0) is 12.2. The van der Waals surface area contributed by atoms with E-state index < -0.39 is 15.8 Å². The second-order valence-electron chi connectivity index (χ2n) is 3.47. The SMILES string of the molecule is Cc1ccc(S(=O)(=O)NCCCN)c(F)c1.Cl. The summed E-state index contributed by atoms with van der Waals surface area (Å²) in [5, 5.41) is 0. The Balaban J connectivity index is 0.00000256. The molecule has 0 heterocycles. The van der Waals surface area contributed by atoms with Crippen LogP contribution in [0.3, 0.4) is 0 Å². The van der Waals surface area contributed by atoms with Crippen LogP contribution in [0.2, 0.25) is 0 Å². The van der Waals surface area contributed by atoms with Crippen molar-refractivity contribution in [3.05, 3.63) is 29.6 Å². The molecule has 1 aromatic rings. The van der Waals surface area contributed by atoms with Gasteiger partial charge >= 0.3 is 0 Å². The average molecular weight is 283 g/mol. The number of sulfonamides is 1. The van der Waals surface area contributed by atoms with Crippen LogP contribution in [0.25, 0.3) is 0 Å². The van der Waals surface area contributed by atoms with Crippen LogP contribution in [-0.4, -0.2) is 21.5 Å². The molecule has 0 saturated carbocycles. The number of hydrogen-bond donors (Lipinski definition) is 2. The van der Waals surface area contributed by atoms with E-state index in [1.807, 2.05) is 0 Å². The Morgan fingerprint density at radius 3 is 2.59 bits per heavy atom. The maximum atomic E-state index is 13.4. The monoisotopic (exact) mass is 282 g/mol. The van der Waals surface area contributed by atoms with Crippen molar-refractivity contribution in [3.63, 3.8) is 0 Å². The molecule has 3 N–H and O–H groups in total. The number of benzene rings is 1. The summed E-state index contributed by atoms with van der Waals surface area (Å²) in [6.07, 6.45) is 0.521. The largest absolute Gasteiger partial charge is 0.330 e. The quantitative estimate of drug-likeness (QED) is 0.797. The number of aryl methyl sites for hydroxylation is 1. The summed E-state index contributed by atoms with van der Waals surface area (Å²) in [6.45, 7) is 2.30. The Bertz CT molecular complexity index is 465. The van der Waals surface area contributed by atoms with Crippen LogP contribution in [-0.2, 0) is 10.0 Å². The molecule has 0 unspecified atom stereocenters. The van der Waals surface area contributed by atoms with Crippen molar-refractivity contribution in [2.24, 2.45) is 5.73 Å². The van der Waals surface area contributed by atoms with Crippen molar-refractivity contribution in [1.29, 1.82) is 0 Å². The normalized spacial score (nSPS) is 11.0. The minimum Gasteiger partial charge on any atom is -0.330 e. The first kappa shape index (κ1) is 16.3. The Hall–Kier alpha value is -0.690. The first-order chi connectivity index (χ1) is 7.47. The van der Waals surface area contributed by atoms with Crippen molar-refractivity contribution >= 4 is 22.4 Å². The fraction of sp³-hybridized carbons (Fsp3) is 0.400. The second-order valence-corrected chi connectivity index (χ2v) is 5.21. The summed E-state index contributed by atoms with van der Waals surface area (Å²) < 4.78 is 39.0. The van der Waals surface area contributed by atoms with Gasteiger partial charge in [0.1, 0.15) is 10.7 Å². The first-order valence-corrected chi connectivity index (χ1v) is 6.41. The summed E-state index contributed by atoms with van der Waals surface area (Å²) in [5.41, 5.74) is 5.92. The van der Waals surface area contributed by atoms with E-state index in [9.17, 15) is 12.8 Å². The van der Waals surface area contributed by atoms with Crippen molar-refractivity contribution in [3.8, 4) is 0 Å². The predicted molar refractivity (Wildman–Crippen MR) is 67.2 cm³/mol. The Labute approximate surface area is 107 Å². The van der Waals surface area contributed by atoms with Crippen LogP contribution in [0.15, 0.2) is 23.1 Å². The Morgan fingerprint density at radius 1 is 1.41 bits per heavy atom. The van der Waals surface area contributed by atoms with Crippen LogP contribution >= 0.6 is 12.4 Å². The van der Waals surface area contributed by atoms with Gasteiger partial charge in [-0.15, -0.1) is 12.4 Å². The molecule has 4 nitrogen and oxygen atoms in total. The molecule has 0 aliphatic rings. The van der Waals surface area contributed by atoms with Crippen LogP contribution in [0, 0.1) is 12.7 Å². The molecule has 0 amide bonds. The zero-order valence-corrected chi connectivity index (χ0v) is 11.1. The zero-order valence-electron chi connectivity index (χ0n) is 9.44. The van der Waals surface area contributed by atoms with Gasteiger partial charge in [-0.2, -0.15) is 0 Å². The lowest BCUT2D eigenvalue weighted by molar-refractivity contribution is 0.555. The van der Waals surface area contributed by atoms with Gasteiger partial charge in [-0.25, -0.2) is 17.5 Å². The Kier molecular flexibility index (Phi) is 6.62. The van der Waals surface area contributed by atoms with Gasteiger partial charge in [0.05, 0.1) is 0 Å². The number of rotatable bonds is 5. The van der Waals surface area contributed by atoms with E-state index in [0.717, 1.165) is 0 Å². The van der Waals surface area contributed by atoms with Crippen LogP contribution in [0.4, 0.5) is 4.39 Å². The van der Waals surface area contributed by atoms with Gasteiger partial charge in [0.25, 0.3) is 0 Å². The molecule has 1 rings (SSSR count). The molecule has 7 heteroatoms. The van der Waals surface area contributed by atoms with Gasteiger partial charge in [-0.3, -0.25) is 0 Å². The summed E-state index contributed by atoms with van der Waals surface area (Å²) in [7, 11) is -3.76. The molecule has 0 aromatic heterocycles. The highest BCUT2D eigenvalue weighted by Crippen LogP contribution is 2.15. The van der Waals surface area contributed by atoms with E-state index in [4.69, 9.17) is 5.73 Å². The lowest BCUT2D eigenvalue weighted by Gasteiger charge is -2.07. The molecule has 17 heavy (non-hydrogen) atoms. The molecular weight excluding hydrogens is 267 g/mol. The average Bonchev–Trinajstić information content (AvgIpc) is 2.17. The fourth-order valence-electron chi connectivity index (χ4n) is 1.21. The Morgan fingerprint density at radius 2 is 2.06 bits per heavy atom. The minimum atomic E-state index is -3.76. The molecule has 0 fully saturated rings. The van der Waals surface area contributed by atoms with Gasteiger partial charge in [-0.05, 0) is 37.6 Å². The smallest absolute Gasteiger partial charge is 0.243 e. The maximum Gasteiger partial charge on any atom is 0.243 e. The number of nitrogens with one attached hydrogen (secondary N) is 1. The van der Waals surface area contributed by atoms with E-state index in [1.165, 1.54) is 12.1 Å². The van der Waals surface area contributed by atoms with E-state index in [1.54, 1.807) is 13.0 Å². The topological polar surface area (TPSA) is 72.2 Å². The minimum absolute atomic E-state index is 0. The number of nitrogens with two attached hydrogens (primary N) is 1. The highest BCUT2D eigenvalue weighted by molar-refractivity contribution is 7.89. The van der Waals surface area contributed by atoms with Gasteiger partial charge in [-0.1, -0.05) is 6.07 Å². The van der Waals surface area contributed by atoms with E-state index in [0.29, 0.717) is 18.5 Å². The van der Waals surface area contributed by atoms with Crippen LogP contribution < -0.4 is 10.5 Å². The van der Waals surface area contributed by atoms with Gasteiger partial charge in [0.15, 0.2) is 0 Å². The summed E-state index contributed by atoms with van der Waals surface area (Å²) >= 11 is 0. The second kappa shape index (κ2) is 6.90. The molecule has 1 aromatic carbocycles. The number of halogens is 2. The number of hydrogen-bond acceptors (Lipinski definition) is 3. The highest BCUT2D eigenvalue weighted by Gasteiger charge is 2.17. The third-order valence-electron chi connectivity index (χ3n) is 2.05. The molecule has 98 valence electrons. The molecule has 0 saturated heterocycles. The summed E-state index contributed by atoms with van der Waals surface area (Å²) in [5.74, 6) is -0.736. The van der Waals surface area contributed by atoms with Crippen molar-refractivity contribution < 1.29 is 12.8 Å². The van der Waals surface area contributed by atoms with Gasteiger partial charge in [0, 0.05) is 6.54 Å². The summed E-state index contributed by atoms with van der Waals surface area (Å²) in [6, 6.07) is 4.01. The molecule has 0 radical (unpaired) electrons. The lowest BCUT2D eigenvalue weighted by atomic mass is 10.2. The molecule has 0 bridgehead atoms. The van der Waals surface area contributed by atoms with Crippen molar-refractivity contribution in [2.45, 2.75) is 18.2 Å². The van der Waals surface area contributed by atoms with E-state index >= 15 is 0 Å². The van der Waals surface area contributed by atoms with Gasteiger partial charge < -0.3 is 5.73 Å². The first-order valence-electron chi connectivity index (χ1n) is 4.93. The standard InChI is InChI=1S/C10H15FN2O2S.ClH/c1-8-3-4-10(9(11)7-8)16(14,15)13-6-2-5-12;/h3-4,7,13H,2,5-6,12H2,1H3;1H. The third-order valence-corrected chi connectivity index (χ3v) is 3.54. The molecule has 0 aliphatic carbocycles. The molecular formula is C10H16ClFN2O2S. The maximum absolute atomic E-state index is 13.4. The molecule has 0 atom stereocenters. The summed E-state index contributed by atoms with van der Waals surface area (Å²) in [4.78, 5) is -0.324. The third kappa shape index (κ3) is 4.59. The molecule has 0 spiro atoms. The van der Waals surface area contributed by atoms with E-state index in [-0.39, 0.29) is 23.8 Å². The molecule has 0 aliphatic heterocycles. The predicted octanol–water partition coefficient (Wildman–Crippen LogP) is 1.18. The van der Waals surface area contributed by atoms with Gasteiger partial charge in [0.2, 0.25) is 10.0 Å².